The van der Waals surface area contributed by atoms with Gasteiger partial charge in [0.1, 0.15) is 0 Å². The van der Waals surface area contributed by atoms with E-state index in [1.165, 1.54) is 11.3 Å². The largest absolute Gasteiger partial charge is 0.320 e. The minimum atomic E-state index is -0.173. The van der Waals surface area contributed by atoms with Gasteiger partial charge in [0.2, 0.25) is 0 Å². The summed E-state index contributed by atoms with van der Waals surface area (Å²) in [5.74, 6) is 5.49. The molecule has 0 radical (unpaired) electrons. The Bertz CT molecular complexity index is 641. The summed E-state index contributed by atoms with van der Waals surface area (Å²) in [4.78, 5) is 12.6. The monoisotopic (exact) mass is 290 g/mol. The molecule has 0 saturated carbocycles. The van der Waals surface area contributed by atoms with Crippen LogP contribution in [0, 0.1) is 11.8 Å². The number of carbonyl (C=O) groups excluding carboxylic acids is 1. The molecule has 0 atom stereocenters. The first-order chi connectivity index (χ1) is 9.20. The van der Waals surface area contributed by atoms with Gasteiger partial charge < -0.3 is 11.1 Å². The van der Waals surface area contributed by atoms with E-state index in [9.17, 15) is 4.79 Å². The SMILES string of the molecule is NCC#Cc1ccc(Cl)cc1NC(=O)c1cccs1. The van der Waals surface area contributed by atoms with Crippen LogP contribution in [0.15, 0.2) is 35.7 Å². The van der Waals surface area contributed by atoms with E-state index in [2.05, 4.69) is 17.2 Å². The number of nitrogens with two attached hydrogens (primary N) is 1. The normalized spacial score (nSPS) is 9.58. The van der Waals surface area contributed by atoms with Gasteiger partial charge in [-0.25, -0.2) is 0 Å². The number of amides is 1. The van der Waals surface area contributed by atoms with Crippen LogP contribution < -0.4 is 11.1 Å². The Morgan fingerprint density at radius 2 is 2.26 bits per heavy atom. The van der Waals surface area contributed by atoms with E-state index in [0.717, 1.165) is 0 Å². The molecule has 19 heavy (non-hydrogen) atoms. The number of benzene rings is 1. The van der Waals surface area contributed by atoms with Crippen LogP contribution in [0.1, 0.15) is 15.2 Å². The number of nitrogens with one attached hydrogen (secondary N) is 1. The summed E-state index contributed by atoms with van der Waals surface area (Å²) >= 11 is 7.31. The van der Waals surface area contributed by atoms with Gasteiger partial charge in [-0.3, -0.25) is 4.79 Å². The molecule has 2 aromatic rings. The second kappa shape index (κ2) is 6.39. The highest BCUT2D eigenvalue weighted by Gasteiger charge is 2.09. The van der Waals surface area contributed by atoms with Crippen LogP contribution >= 0.6 is 22.9 Å². The lowest BCUT2D eigenvalue weighted by Crippen LogP contribution is -2.11. The number of anilines is 1. The van der Waals surface area contributed by atoms with Gasteiger partial charge >= 0.3 is 0 Å². The Morgan fingerprint density at radius 1 is 1.42 bits per heavy atom. The smallest absolute Gasteiger partial charge is 0.265 e. The molecule has 1 aromatic heterocycles. The van der Waals surface area contributed by atoms with Crippen molar-refractivity contribution < 1.29 is 4.79 Å². The predicted molar refractivity (Wildman–Crippen MR) is 79.7 cm³/mol. The second-order valence-corrected chi connectivity index (χ2v) is 5.01. The predicted octanol–water partition coefficient (Wildman–Crippen LogP) is 2.96. The lowest BCUT2D eigenvalue weighted by molar-refractivity contribution is 0.103. The lowest BCUT2D eigenvalue weighted by Gasteiger charge is -2.07. The van der Waals surface area contributed by atoms with Gasteiger partial charge in [0.15, 0.2) is 0 Å². The summed E-state index contributed by atoms with van der Waals surface area (Å²) in [5, 5.41) is 5.20. The molecule has 0 fully saturated rings. The highest BCUT2D eigenvalue weighted by Crippen LogP contribution is 2.21. The molecule has 1 amide bonds. The fourth-order valence-electron chi connectivity index (χ4n) is 1.47. The highest BCUT2D eigenvalue weighted by molar-refractivity contribution is 7.12. The molecule has 3 N–H and O–H groups in total. The van der Waals surface area contributed by atoms with Gasteiger partial charge in [0.25, 0.3) is 5.91 Å². The summed E-state index contributed by atoms with van der Waals surface area (Å²) in [6, 6.07) is 8.74. The minimum absolute atomic E-state index is 0.173. The van der Waals surface area contributed by atoms with Crippen LogP contribution in [-0.4, -0.2) is 12.5 Å². The maximum Gasteiger partial charge on any atom is 0.265 e. The van der Waals surface area contributed by atoms with Crippen molar-refractivity contribution in [2.75, 3.05) is 11.9 Å². The standard InChI is InChI=1S/C14H11ClN2OS/c15-11-6-5-10(3-1-7-16)12(9-11)17-14(18)13-4-2-8-19-13/h2,4-6,8-9H,7,16H2,(H,17,18). The van der Waals surface area contributed by atoms with Crippen LogP contribution in [0.4, 0.5) is 5.69 Å². The number of rotatable bonds is 2. The molecule has 0 aliphatic heterocycles. The van der Waals surface area contributed by atoms with Crippen molar-refractivity contribution in [2.24, 2.45) is 5.73 Å². The van der Waals surface area contributed by atoms with Crippen molar-refractivity contribution in [1.82, 2.24) is 0 Å². The molecule has 96 valence electrons. The van der Waals surface area contributed by atoms with Crippen LogP contribution in [0.2, 0.25) is 5.02 Å². The molecule has 2 rings (SSSR count). The Hall–Kier alpha value is -1.80. The van der Waals surface area contributed by atoms with E-state index >= 15 is 0 Å². The zero-order chi connectivity index (χ0) is 13.7. The topological polar surface area (TPSA) is 55.1 Å². The van der Waals surface area contributed by atoms with Crippen molar-refractivity contribution in [3.63, 3.8) is 0 Å². The molecule has 1 aromatic carbocycles. The number of halogens is 1. The Balaban J connectivity index is 2.28. The fraction of sp³-hybridized carbons (Fsp3) is 0.0714. The summed E-state index contributed by atoms with van der Waals surface area (Å²) < 4.78 is 0. The molecule has 0 aliphatic carbocycles. The summed E-state index contributed by atoms with van der Waals surface area (Å²) in [6.45, 7) is 0.265. The zero-order valence-electron chi connectivity index (χ0n) is 9.94. The first-order valence-electron chi connectivity index (χ1n) is 5.54. The minimum Gasteiger partial charge on any atom is -0.320 e. The van der Waals surface area contributed by atoms with E-state index < -0.39 is 0 Å². The number of hydrogen-bond donors (Lipinski definition) is 2. The summed E-state index contributed by atoms with van der Waals surface area (Å²) in [5.41, 5.74) is 6.63. The Kier molecular flexibility index (Phi) is 4.58. The average Bonchev–Trinajstić information content (AvgIpc) is 2.92. The third-order valence-electron chi connectivity index (χ3n) is 2.30. The highest BCUT2D eigenvalue weighted by atomic mass is 35.5. The Labute approximate surface area is 120 Å². The number of thiophene rings is 1. The maximum absolute atomic E-state index is 12.0. The van der Waals surface area contributed by atoms with Gasteiger partial charge in [-0.15, -0.1) is 11.3 Å². The van der Waals surface area contributed by atoms with E-state index in [-0.39, 0.29) is 12.5 Å². The van der Waals surface area contributed by atoms with E-state index in [1.54, 1.807) is 24.3 Å². The molecule has 1 heterocycles. The van der Waals surface area contributed by atoms with Gasteiger partial charge in [0.05, 0.1) is 17.1 Å². The molecule has 0 aliphatic rings. The molecule has 0 spiro atoms. The molecular weight excluding hydrogens is 280 g/mol. The zero-order valence-corrected chi connectivity index (χ0v) is 11.5. The summed E-state index contributed by atoms with van der Waals surface area (Å²) in [7, 11) is 0. The average molecular weight is 291 g/mol. The van der Waals surface area contributed by atoms with E-state index in [0.29, 0.717) is 21.2 Å². The number of hydrogen-bond acceptors (Lipinski definition) is 3. The van der Waals surface area contributed by atoms with Crippen LogP contribution in [0.3, 0.4) is 0 Å². The van der Waals surface area contributed by atoms with Crippen LogP contribution in [-0.2, 0) is 0 Å². The fourth-order valence-corrected chi connectivity index (χ4v) is 2.26. The number of carbonyl (C=O) groups is 1. The molecule has 0 bridgehead atoms. The van der Waals surface area contributed by atoms with Crippen molar-refractivity contribution in [3.05, 3.63) is 51.2 Å². The molecule has 0 saturated heterocycles. The molecule has 3 nitrogen and oxygen atoms in total. The van der Waals surface area contributed by atoms with Crippen molar-refractivity contribution in [1.29, 1.82) is 0 Å². The third kappa shape index (κ3) is 3.58. The van der Waals surface area contributed by atoms with Crippen molar-refractivity contribution in [3.8, 4) is 11.8 Å². The van der Waals surface area contributed by atoms with E-state index in [1.807, 2.05) is 11.4 Å². The van der Waals surface area contributed by atoms with Gasteiger partial charge in [0, 0.05) is 10.6 Å². The lowest BCUT2D eigenvalue weighted by atomic mass is 10.1. The van der Waals surface area contributed by atoms with Gasteiger partial charge in [-0.2, -0.15) is 0 Å². The van der Waals surface area contributed by atoms with E-state index in [4.69, 9.17) is 17.3 Å². The van der Waals surface area contributed by atoms with Crippen molar-refractivity contribution >= 4 is 34.5 Å². The maximum atomic E-state index is 12.0. The van der Waals surface area contributed by atoms with Gasteiger partial charge in [-0.05, 0) is 29.6 Å². The second-order valence-electron chi connectivity index (χ2n) is 3.63. The van der Waals surface area contributed by atoms with Crippen molar-refractivity contribution in [2.45, 2.75) is 0 Å². The summed E-state index contributed by atoms with van der Waals surface area (Å²) in [6.07, 6.45) is 0. The first-order valence-corrected chi connectivity index (χ1v) is 6.80. The molecule has 0 unspecified atom stereocenters. The van der Waals surface area contributed by atoms with Crippen LogP contribution in [0.25, 0.3) is 0 Å². The van der Waals surface area contributed by atoms with Gasteiger partial charge in [-0.1, -0.05) is 29.5 Å². The van der Waals surface area contributed by atoms with Crippen LogP contribution in [0.5, 0.6) is 0 Å². The quantitative estimate of drug-likeness (QED) is 0.836. The molecule has 5 heteroatoms. The molecular formula is C14H11ClN2OS. The Morgan fingerprint density at radius 3 is 2.95 bits per heavy atom. The third-order valence-corrected chi connectivity index (χ3v) is 3.40. The first kappa shape index (κ1) is 13.6.